The van der Waals surface area contributed by atoms with Crippen LogP contribution < -0.4 is 146 Å². The van der Waals surface area contributed by atoms with E-state index < -0.39 is 13.4 Å². The molecular formula is Cs2MnO4. The average Bonchev–Trinajstić information content (AvgIpc) is 0.722. The maximum atomic E-state index is 8.58. The van der Waals surface area contributed by atoms with Crippen LogP contribution in [0.15, 0.2) is 0 Å². The van der Waals surface area contributed by atoms with Crippen LogP contribution in [0.4, 0.5) is 0 Å². The van der Waals surface area contributed by atoms with Crippen molar-refractivity contribution in [2.75, 3.05) is 0 Å². The molecule has 0 amide bonds. The molecule has 0 bridgehead atoms. The maximum absolute atomic E-state index is 8.58. The Labute approximate surface area is 161 Å². The van der Waals surface area contributed by atoms with E-state index in [1.807, 2.05) is 0 Å². The van der Waals surface area contributed by atoms with Gasteiger partial charge in [-0.2, -0.15) is 0 Å². The molecule has 0 aromatic heterocycles. The molecule has 0 aromatic carbocycles. The second kappa shape index (κ2) is 8.24. The number of hydrogen-bond donors (Lipinski definition) is 0. The molecule has 7 heteroatoms. The van der Waals surface area contributed by atoms with Crippen molar-refractivity contribution in [1.82, 2.24) is 0 Å². The van der Waals surface area contributed by atoms with Crippen LogP contribution in [0.2, 0.25) is 0 Å². The first kappa shape index (κ1) is 17.3. The van der Waals surface area contributed by atoms with Crippen molar-refractivity contribution in [2.45, 2.75) is 0 Å². The first-order chi connectivity index (χ1) is 2.00. The summed E-state index contributed by atoms with van der Waals surface area (Å²) in [7, 11) is 0. The monoisotopic (exact) mass is 385 g/mol. The van der Waals surface area contributed by atoms with E-state index in [9.17, 15) is 0 Å². The van der Waals surface area contributed by atoms with Crippen LogP contribution in [-0.4, -0.2) is 0 Å². The molecule has 0 radical (unpaired) electrons. The van der Waals surface area contributed by atoms with E-state index in [1.165, 1.54) is 0 Å². The molecule has 4 nitrogen and oxygen atoms in total. The van der Waals surface area contributed by atoms with Gasteiger partial charge in [-0.05, 0) is 0 Å². The first-order valence-corrected chi connectivity index (χ1v) is 2.54. The van der Waals surface area contributed by atoms with E-state index in [0.29, 0.717) is 0 Å². The molecule has 0 saturated heterocycles. The van der Waals surface area contributed by atoms with Gasteiger partial charge in [-0.3, -0.25) is 0 Å². The van der Waals surface area contributed by atoms with Gasteiger partial charge in [0.25, 0.3) is 0 Å². The molecule has 0 fully saturated rings. The molecule has 7 heavy (non-hydrogen) atoms. The van der Waals surface area contributed by atoms with Gasteiger partial charge in [0.05, 0.1) is 0 Å². The Morgan fingerprint density at radius 1 is 1.00 bits per heavy atom. The summed E-state index contributed by atoms with van der Waals surface area (Å²) >= 11 is -5.62. The molecule has 0 N–H and O–H groups in total. The first-order valence-electron chi connectivity index (χ1n) is 0.617. The summed E-state index contributed by atoms with van der Waals surface area (Å²) in [6, 6.07) is 0. The minimum absolute atomic E-state index is 0. The summed E-state index contributed by atoms with van der Waals surface area (Å²) in [5.41, 5.74) is 0. The van der Waals surface area contributed by atoms with E-state index in [0.717, 1.165) is 0 Å². The number of hydrogen-bond acceptors (Lipinski definition) is 4. The van der Waals surface area contributed by atoms with E-state index in [-0.39, 0.29) is 138 Å². The normalized spacial score (nSPS) is 8.29. The van der Waals surface area contributed by atoms with Gasteiger partial charge in [-0.15, -0.1) is 0 Å². The van der Waals surface area contributed by atoms with Gasteiger partial charge in [-0.25, -0.2) is 0 Å². The molecule has 0 atom stereocenters. The summed E-state index contributed by atoms with van der Waals surface area (Å²) in [5, 5.41) is 0. The molecule has 0 spiro atoms. The van der Waals surface area contributed by atoms with Gasteiger partial charge in [-0.1, -0.05) is 0 Å². The fourth-order valence-electron chi connectivity index (χ4n) is 0. The Balaban J connectivity index is -0.0000000800. The summed E-state index contributed by atoms with van der Waals surface area (Å²) in [6.07, 6.45) is 0. The van der Waals surface area contributed by atoms with Gasteiger partial charge < -0.3 is 0 Å². The van der Waals surface area contributed by atoms with Crippen molar-refractivity contribution < 1.29 is 167 Å². The van der Waals surface area contributed by atoms with Gasteiger partial charge >= 0.3 is 167 Å². The van der Waals surface area contributed by atoms with Crippen LogP contribution in [-0.2, 0) is 21.0 Å². The molecule has 0 aliphatic heterocycles. The van der Waals surface area contributed by atoms with Crippen LogP contribution in [0.25, 0.3) is 0 Å². The average molecular weight is 385 g/mol. The van der Waals surface area contributed by atoms with E-state index in [4.69, 9.17) is 16.0 Å². The van der Waals surface area contributed by atoms with Crippen LogP contribution >= 0.6 is 0 Å². The van der Waals surface area contributed by atoms with E-state index in [2.05, 4.69) is 0 Å². The molecule has 0 unspecified atom stereocenters. The summed E-state index contributed by atoms with van der Waals surface area (Å²) in [5.74, 6) is 0. The Kier molecular flexibility index (Phi) is 20.4. The summed E-state index contributed by atoms with van der Waals surface area (Å²) in [4.78, 5) is 0. The molecule has 0 aromatic rings. The second-order valence-electron chi connectivity index (χ2n) is 0.378. The third-order valence-corrected chi connectivity index (χ3v) is 0. The van der Waals surface area contributed by atoms with Gasteiger partial charge in [0.15, 0.2) is 0 Å². The Bertz CT molecular complexity index is 92.9. The van der Waals surface area contributed by atoms with E-state index in [1.54, 1.807) is 0 Å². The van der Waals surface area contributed by atoms with E-state index >= 15 is 0 Å². The van der Waals surface area contributed by atoms with Crippen LogP contribution in [0.3, 0.4) is 0 Å². The summed E-state index contributed by atoms with van der Waals surface area (Å²) < 4.78 is 34.3. The zero-order chi connectivity index (χ0) is 4.50. The minimum atomic E-state index is -5.62. The third kappa shape index (κ3) is 39.2. The Hall–Kier alpha value is 4.14. The second-order valence-corrected chi connectivity index (χ2v) is 1.56. The Morgan fingerprint density at radius 2 is 1.00 bits per heavy atom. The SMILES string of the molecule is [Cs+].[Cs+].[O]=[Mn](=[O])([O-])[O-]. The van der Waals surface area contributed by atoms with Crippen LogP contribution in [0.1, 0.15) is 0 Å². The van der Waals surface area contributed by atoms with Gasteiger partial charge in [0.1, 0.15) is 0 Å². The number of rotatable bonds is 0. The standard InChI is InChI=1S/2Cs.Mn.4O/q2*+1;;;;2*-1. The fourth-order valence-corrected chi connectivity index (χ4v) is 0. The zero-order valence-corrected chi connectivity index (χ0v) is 17.8. The zero-order valence-electron chi connectivity index (χ0n) is 4.01. The van der Waals surface area contributed by atoms with Crippen molar-refractivity contribution in [3.8, 4) is 0 Å². The molecule has 0 aliphatic carbocycles. The predicted molar refractivity (Wildman–Crippen MR) is 1.37 cm³/mol. The van der Waals surface area contributed by atoms with Crippen LogP contribution in [0.5, 0.6) is 0 Å². The topological polar surface area (TPSA) is 80.3 Å². The quantitative estimate of drug-likeness (QED) is 0.389. The molecular weight excluding hydrogens is 385 g/mol. The predicted octanol–water partition coefficient (Wildman–Crippen LogP) is -8.61. The van der Waals surface area contributed by atoms with Crippen molar-refractivity contribution in [1.29, 1.82) is 0 Å². The van der Waals surface area contributed by atoms with Crippen molar-refractivity contribution in [2.24, 2.45) is 0 Å². The molecule has 0 saturated carbocycles. The molecule has 33 valence electrons. The summed E-state index contributed by atoms with van der Waals surface area (Å²) in [6.45, 7) is 0. The molecule has 0 heterocycles. The van der Waals surface area contributed by atoms with Crippen molar-refractivity contribution in [3.05, 3.63) is 0 Å². The fraction of sp³-hybridized carbons (Fsp3) is 0. The molecule has 0 aliphatic rings. The van der Waals surface area contributed by atoms with Gasteiger partial charge in [0.2, 0.25) is 0 Å². The van der Waals surface area contributed by atoms with Gasteiger partial charge in [0, 0.05) is 0 Å². The molecule has 0 rings (SSSR count). The van der Waals surface area contributed by atoms with Crippen molar-refractivity contribution in [3.63, 3.8) is 0 Å². The Morgan fingerprint density at radius 3 is 1.00 bits per heavy atom. The third-order valence-electron chi connectivity index (χ3n) is 0. The van der Waals surface area contributed by atoms with Crippen LogP contribution in [0, 0.1) is 0 Å². The van der Waals surface area contributed by atoms with Crippen molar-refractivity contribution >= 4 is 0 Å².